The van der Waals surface area contributed by atoms with Crippen LogP contribution in [0.2, 0.25) is 0 Å². The van der Waals surface area contributed by atoms with Gasteiger partial charge in [0.15, 0.2) is 5.13 Å². The second-order valence-corrected chi connectivity index (χ2v) is 8.18. The van der Waals surface area contributed by atoms with Crippen LogP contribution in [0.1, 0.15) is 26.5 Å². The van der Waals surface area contributed by atoms with Gasteiger partial charge in [-0.05, 0) is 46.9 Å². The van der Waals surface area contributed by atoms with Gasteiger partial charge in [0.1, 0.15) is 0 Å². The smallest absolute Gasteiger partial charge is 0.231 e. The molecule has 0 saturated heterocycles. The Bertz CT molecular complexity index is 705. The van der Waals surface area contributed by atoms with Crippen LogP contribution in [0.25, 0.3) is 0 Å². The van der Waals surface area contributed by atoms with Crippen LogP contribution in [0.15, 0.2) is 29.6 Å². The Morgan fingerprint density at radius 2 is 1.83 bits per heavy atom. The minimum Gasteiger partial charge on any atom is -0.326 e. The molecule has 2 N–H and O–H groups in total. The van der Waals surface area contributed by atoms with Crippen molar-refractivity contribution in [1.29, 1.82) is 0 Å². The third-order valence-corrected chi connectivity index (χ3v) is 4.45. The molecule has 122 valence electrons. The summed E-state index contributed by atoms with van der Waals surface area (Å²) in [6, 6.07) is 7.57. The summed E-state index contributed by atoms with van der Waals surface area (Å²) < 4.78 is 1.11. The van der Waals surface area contributed by atoms with E-state index in [-0.39, 0.29) is 18.2 Å². The number of hydrogen-bond acceptors (Lipinski definition) is 4. The molecule has 0 aliphatic rings. The molecule has 2 amide bonds. The van der Waals surface area contributed by atoms with E-state index in [0.717, 1.165) is 9.26 Å². The zero-order valence-electron chi connectivity index (χ0n) is 13.1. The molecule has 0 atom stereocenters. The number of nitrogens with one attached hydrogen (secondary N) is 2. The molecule has 0 spiro atoms. The van der Waals surface area contributed by atoms with Crippen LogP contribution in [0, 0.1) is 8.99 Å². The largest absolute Gasteiger partial charge is 0.326 e. The first-order valence-electron chi connectivity index (χ1n) is 7.05. The summed E-state index contributed by atoms with van der Waals surface area (Å²) >= 11 is 3.53. The number of carbonyl (C=O) groups is 2. The fraction of sp³-hybridized carbons (Fsp3) is 0.312. The summed E-state index contributed by atoms with van der Waals surface area (Å²) in [6.07, 6.45) is 0.174. The quantitative estimate of drug-likeness (QED) is 0.704. The van der Waals surface area contributed by atoms with Crippen LogP contribution in [0.3, 0.4) is 0 Å². The molecule has 0 unspecified atom stereocenters. The van der Waals surface area contributed by atoms with Crippen molar-refractivity contribution < 1.29 is 9.59 Å². The van der Waals surface area contributed by atoms with E-state index < -0.39 is 5.41 Å². The van der Waals surface area contributed by atoms with Gasteiger partial charge < -0.3 is 10.6 Å². The lowest BCUT2D eigenvalue weighted by atomic mass is 9.96. The van der Waals surface area contributed by atoms with Crippen LogP contribution in [-0.4, -0.2) is 16.8 Å². The van der Waals surface area contributed by atoms with Crippen molar-refractivity contribution in [3.05, 3.63) is 38.9 Å². The number of hydrogen-bond donors (Lipinski definition) is 2. The Labute approximate surface area is 153 Å². The molecule has 0 fully saturated rings. The number of thiazole rings is 1. The van der Waals surface area contributed by atoms with E-state index in [2.05, 4.69) is 38.2 Å². The molecule has 2 aromatic rings. The Balaban J connectivity index is 1.92. The van der Waals surface area contributed by atoms with Crippen molar-refractivity contribution in [2.24, 2.45) is 5.41 Å². The van der Waals surface area contributed by atoms with Crippen LogP contribution >= 0.6 is 33.9 Å². The lowest BCUT2D eigenvalue weighted by molar-refractivity contribution is -0.123. The summed E-state index contributed by atoms with van der Waals surface area (Å²) in [6.45, 7) is 5.52. The highest BCUT2D eigenvalue weighted by Crippen LogP contribution is 2.21. The standard InChI is InChI=1S/C16H18IN3O2S/c1-16(2,3)14(22)20-15-19-12(9-23-15)8-13(21)18-11-6-4-10(17)5-7-11/h4-7,9H,8H2,1-3H3,(H,18,21)(H,19,20,22). The molecule has 7 heteroatoms. The topological polar surface area (TPSA) is 71.1 Å². The fourth-order valence-electron chi connectivity index (χ4n) is 1.63. The van der Waals surface area contributed by atoms with Crippen molar-refractivity contribution in [2.45, 2.75) is 27.2 Å². The molecule has 0 saturated carbocycles. The maximum Gasteiger partial charge on any atom is 0.231 e. The predicted molar refractivity (Wildman–Crippen MR) is 102 cm³/mol. The zero-order chi connectivity index (χ0) is 17.0. The van der Waals surface area contributed by atoms with Crippen molar-refractivity contribution in [3.8, 4) is 0 Å². The number of aromatic nitrogens is 1. The number of anilines is 2. The van der Waals surface area contributed by atoms with E-state index in [9.17, 15) is 9.59 Å². The van der Waals surface area contributed by atoms with E-state index in [0.29, 0.717) is 10.8 Å². The average molecular weight is 443 g/mol. The van der Waals surface area contributed by atoms with E-state index >= 15 is 0 Å². The van der Waals surface area contributed by atoms with Gasteiger partial charge in [-0.25, -0.2) is 4.98 Å². The summed E-state index contributed by atoms with van der Waals surface area (Å²) in [5.41, 5.74) is 0.919. The molecule has 1 aromatic heterocycles. The van der Waals surface area contributed by atoms with Gasteiger partial charge in [-0.2, -0.15) is 0 Å². The SMILES string of the molecule is CC(C)(C)C(=O)Nc1nc(CC(=O)Nc2ccc(I)cc2)cs1. The lowest BCUT2D eigenvalue weighted by Crippen LogP contribution is -2.27. The van der Waals surface area contributed by atoms with Crippen LogP contribution < -0.4 is 10.6 Å². The monoisotopic (exact) mass is 443 g/mol. The maximum absolute atomic E-state index is 12.0. The molecule has 0 aliphatic carbocycles. The van der Waals surface area contributed by atoms with E-state index in [1.807, 2.05) is 45.0 Å². The van der Waals surface area contributed by atoms with Gasteiger partial charge in [-0.1, -0.05) is 20.8 Å². The first-order valence-corrected chi connectivity index (χ1v) is 9.01. The minimum atomic E-state index is -0.478. The average Bonchev–Trinajstić information content (AvgIpc) is 2.87. The molecule has 2 rings (SSSR count). The van der Waals surface area contributed by atoms with Crippen LogP contribution in [-0.2, 0) is 16.0 Å². The summed E-state index contributed by atoms with van der Waals surface area (Å²) in [7, 11) is 0. The number of halogens is 1. The fourth-order valence-corrected chi connectivity index (χ4v) is 2.70. The van der Waals surface area contributed by atoms with Crippen molar-refractivity contribution in [2.75, 3.05) is 10.6 Å². The molecule has 0 bridgehead atoms. The molecule has 23 heavy (non-hydrogen) atoms. The highest BCUT2D eigenvalue weighted by Gasteiger charge is 2.22. The Hall–Kier alpha value is -1.48. The number of rotatable bonds is 4. The summed E-state index contributed by atoms with van der Waals surface area (Å²) in [5.74, 6) is -0.230. The maximum atomic E-state index is 12.0. The number of benzene rings is 1. The summed E-state index contributed by atoms with van der Waals surface area (Å²) in [5, 5.41) is 7.89. The number of nitrogens with zero attached hydrogens (tertiary/aromatic N) is 1. The van der Waals surface area contributed by atoms with Crippen molar-refractivity contribution in [1.82, 2.24) is 4.98 Å². The highest BCUT2D eigenvalue weighted by molar-refractivity contribution is 14.1. The highest BCUT2D eigenvalue weighted by atomic mass is 127. The first kappa shape index (κ1) is 17.9. The molecule has 5 nitrogen and oxygen atoms in total. The molecular weight excluding hydrogens is 425 g/mol. The van der Waals surface area contributed by atoms with Crippen LogP contribution in [0.4, 0.5) is 10.8 Å². The third kappa shape index (κ3) is 5.58. The first-order chi connectivity index (χ1) is 10.7. The molecule has 1 aromatic carbocycles. The van der Waals surface area contributed by atoms with Crippen molar-refractivity contribution in [3.63, 3.8) is 0 Å². The predicted octanol–water partition coefficient (Wildman–Crippen LogP) is 3.91. The number of amides is 2. The second-order valence-electron chi connectivity index (χ2n) is 6.08. The summed E-state index contributed by atoms with van der Waals surface area (Å²) in [4.78, 5) is 28.2. The zero-order valence-corrected chi connectivity index (χ0v) is 16.1. The van der Waals surface area contributed by atoms with Gasteiger partial charge in [-0.15, -0.1) is 11.3 Å². The van der Waals surface area contributed by atoms with E-state index in [1.54, 1.807) is 5.38 Å². The van der Waals surface area contributed by atoms with Gasteiger partial charge in [0.2, 0.25) is 11.8 Å². The normalized spacial score (nSPS) is 11.1. The van der Waals surface area contributed by atoms with Gasteiger partial charge in [0.05, 0.1) is 12.1 Å². The van der Waals surface area contributed by atoms with Crippen LogP contribution in [0.5, 0.6) is 0 Å². The Kier molecular flexibility index (Phi) is 5.74. The Morgan fingerprint density at radius 3 is 2.43 bits per heavy atom. The van der Waals surface area contributed by atoms with Crippen molar-refractivity contribution >= 4 is 56.6 Å². The van der Waals surface area contributed by atoms with Gasteiger partial charge in [-0.3, -0.25) is 9.59 Å². The molecule has 0 radical (unpaired) electrons. The van der Waals surface area contributed by atoms with Gasteiger partial charge in [0, 0.05) is 20.1 Å². The van der Waals surface area contributed by atoms with Gasteiger partial charge in [0.25, 0.3) is 0 Å². The lowest BCUT2D eigenvalue weighted by Gasteiger charge is -2.15. The molecule has 0 aliphatic heterocycles. The Morgan fingerprint density at radius 1 is 1.17 bits per heavy atom. The van der Waals surface area contributed by atoms with E-state index in [4.69, 9.17) is 0 Å². The molecule has 1 heterocycles. The van der Waals surface area contributed by atoms with E-state index in [1.165, 1.54) is 11.3 Å². The molecular formula is C16H18IN3O2S. The van der Waals surface area contributed by atoms with Gasteiger partial charge >= 0.3 is 0 Å². The third-order valence-electron chi connectivity index (χ3n) is 2.92. The minimum absolute atomic E-state index is 0.0956. The number of carbonyl (C=O) groups excluding carboxylic acids is 2. The second kappa shape index (κ2) is 7.39.